The minimum Gasteiger partial charge on any atom is -0.457 e. The van der Waals surface area contributed by atoms with Crippen molar-refractivity contribution in [2.45, 2.75) is 27.3 Å². The predicted octanol–water partition coefficient (Wildman–Crippen LogP) is 5.62. The van der Waals surface area contributed by atoms with Gasteiger partial charge >= 0.3 is 0 Å². The Balaban J connectivity index is 2.32. The lowest BCUT2D eigenvalue weighted by Gasteiger charge is -2.14. The first-order chi connectivity index (χ1) is 10.0. The lowest BCUT2D eigenvalue weighted by atomic mass is 10.1. The molecule has 0 saturated heterocycles. The summed E-state index contributed by atoms with van der Waals surface area (Å²) in [5.41, 5.74) is 3.40. The van der Waals surface area contributed by atoms with Crippen LogP contribution >= 0.6 is 27.5 Å². The zero-order valence-electron chi connectivity index (χ0n) is 12.5. The first-order valence-electron chi connectivity index (χ1n) is 6.95. The van der Waals surface area contributed by atoms with Gasteiger partial charge in [0, 0.05) is 21.6 Å². The Kier molecular flexibility index (Phi) is 5.68. The number of benzene rings is 2. The molecule has 0 unspecified atom stereocenters. The minimum atomic E-state index is 0.677. The smallest absolute Gasteiger partial charge is 0.133 e. The van der Waals surface area contributed by atoms with Crippen molar-refractivity contribution < 1.29 is 4.74 Å². The zero-order valence-corrected chi connectivity index (χ0v) is 14.8. The third kappa shape index (κ3) is 4.22. The van der Waals surface area contributed by atoms with E-state index >= 15 is 0 Å². The summed E-state index contributed by atoms with van der Waals surface area (Å²) in [6, 6.07) is 9.79. The highest BCUT2D eigenvalue weighted by molar-refractivity contribution is 9.10. The molecule has 0 saturated carbocycles. The lowest BCUT2D eigenvalue weighted by Crippen LogP contribution is -2.12. The van der Waals surface area contributed by atoms with Gasteiger partial charge in [-0.25, -0.2) is 0 Å². The first-order valence-corrected chi connectivity index (χ1v) is 8.12. The Hall–Kier alpha value is -1.03. The third-order valence-electron chi connectivity index (χ3n) is 3.23. The highest BCUT2D eigenvalue weighted by atomic mass is 79.9. The molecule has 2 aromatic rings. The van der Waals surface area contributed by atoms with Crippen LogP contribution in [-0.4, -0.2) is 6.54 Å². The molecule has 0 fully saturated rings. The molecule has 112 valence electrons. The van der Waals surface area contributed by atoms with Gasteiger partial charge < -0.3 is 10.1 Å². The van der Waals surface area contributed by atoms with E-state index in [2.05, 4.69) is 42.0 Å². The number of hydrogen-bond acceptors (Lipinski definition) is 2. The summed E-state index contributed by atoms with van der Waals surface area (Å²) in [6.07, 6.45) is 0. The van der Waals surface area contributed by atoms with E-state index in [4.69, 9.17) is 16.3 Å². The van der Waals surface area contributed by atoms with Gasteiger partial charge in [0.1, 0.15) is 11.5 Å². The van der Waals surface area contributed by atoms with Crippen LogP contribution in [0.4, 0.5) is 0 Å². The Morgan fingerprint density at radius 3 is 2.43 bits per heavy atom. The number of aryl methyl sites for hydroxylation is 2. The van der Waals surface area contributed by atoms with Crippen LogP contribution in [0.3, 0.4) is 0 Å². The molecule has 0 spiro atoms. The normalized spacial score (nSPS) is 10.7. The molecule has 0 bridgehead atoms. The fourth-order valence-corrected chi connectivity index (χ4v) is 2.51. The number of nitrogens with one attached hydrogen (secondary N) is 1. The molecule has 21 heavy (non-hydrogen) atoms. The topological polar surface area (TPSA) is 21.3 Å². The fraction of sp³-hybridized carbons (Fsp3) is 0.294. The average Bonchev–Trinajstić information content (AvgIpc) is 2.44. The average molecular weight is 369 g/mol. The number of rotatable bonds is 5. The van der Waals surface area contributed by atoms with Gasteiger partial charge in [0.25, 0.3) is 0 Å². The molecule has 0 amide bonds. The summed E-state index contributed by atoms with van der Waals surface area (Å²) in [4.78, 5) is 0. The van der Waals surface area contributed by atoms with E-state index in [1.807, 2.05) is 30.3 Å². The molecule has 2 nitrogen and oxygen atoms in total. The molecule has 0 aromatic heterocycles. The van der Waals surface area contributed by atoms with Crippen LogP contribution in [0.1, 0.15) is 23.6 Å². The maximum atomic E-state index is 6.10. The molecule has 0 atom stereocenters. The van der Waals surface area contributed by atoms with E-state index in [-0.39, 0.29) is 0 Å². The van der Waals surface area contributed by atoms with Crippen molar-refractivity contribution in [2.75, 3.05) is 6.54 Å². The molecule has 1 N–H and O–H groups in total. The summed E-state index contributed by atoms with van der Waals surface area (Å²) in [6.45, 7) is 7.87. The summed E-state index contributed by atoms with van der Waals surface area (Å²) in [5.74, 6) is 1.62. The van der Waals surface area contributed by atoms with E-state index in [1.54, 1.807) is 0 Å². The van der Waals surface area contributed by atoms with E-state index in [9.17, 15) is 0 Å². The molecule has 0 aliphatic heterocycles. The standard InChI is InChI=1S/C17H19BrClNO/c1-4-20-10-13-5-6-14(19)9-16(13)21-15-7-11(2)17(18)12(3)8-15/h5-9,20H,4,10H2,1-3H3. The van der Waals surface area contributed by atoms with Crippen LogP contribution in [-0.2, 0) is 6.54 Å². The zero-order chi connectivity index (χ0) is 15.4. The Morgan fingerprint density at radius 2 is 1.81 bits per heavy atom. The second kappa shape index (κ2) is 7.30. The molecule has 2 rings (SSSR count). The van der Waals surface area contributed by atoms with E-state index in [0.29, 0.717) is 5.02 Å². The maximum absolute atomic E-state index is 6.10. The second-order valence-electron chi connectivity index (χ2n) is 5.01. The summed E-state index contributed by atoms with van der Waals surface area (Å²) in [7, 11) is 0. The Labute approximate surface area is 139 Å². The van der Waals surface area contributed by atoms with Gasteiger partial charge in [-0.2, -0.15) is 0 Å². The van der Waals surface area contributed by atoms with Crippen molar-refractivity contribution in [3.05, 3.63) is 56.5 Å². The van der Waals surface area contributed by atoms with Crippen LogP contribution in [0.2, 0.25) is 5.02 Å². The van der Waals surface area contributed by atoms with Crippen molar-refractivity contribution in [3.63, 3.8) is 0 Å². The van der Waals surface area contributed by atoms with Crippen LogP contribution in [0.15, 0.2) is 34.8 Å². The molecular formula is C17H19BrClNO. The molecule has 4 heteroatoms. The van der Waals surface area contributed by atoms with Crippen molar-refractivity contribution in [3.8, 4) is 11.5 Å². The molecular weight excluding hydrogens is 350 g/mol. The summed E-state index contributed by atoms with van der Waals surface area (Å²) >= 11 is 9.67. The highest BCUT2D eigenvalue weighted by Gasteiger charge is 2.08. The highest BCUT2D eigenvalue weighted by Crippen LogP contribution is 2.32. The Bertz CT molecular complexity index is 620. The number of halogens is 2. The van der Waals surface area contributed by atoms with Gasteiger partial charge in [0.05, 0.1) is 0 Å². The van der Waals surface area contributed by atoms with Crippen molar-refractivity contribution >= 4 is 27.5 Å². The quantitative estimate of drug-likeness (QED) is 0.739. The van der Waals surface area contributed by atoms with Crippen LogP contribution < -0.4 is 10.1 Å². The number of ether oxygens (including phenoxy) is 1. The number of hydrogen-bond donors (Lipinski definition) is 1. The maximum Gasteiger partial charge on any atom is 0.133 e. The lowest BCUT2D eigenvalue weighted by molar-refractivity contribution is 0.472. The first kappa shape index (κ1) is 16.3. The minimum absolute atomic E-state index is 0.677. The molecule has 0 aliphatic carbocycles. The van der Waals surface area contributed by atoms with Crippen molar-refractivity contribution in [1.82, 2.24) is 5.32 Å². The molecule has 2 aromatic carbocycles. The molecule has 0 radical (unpaired) electrons. The van der Waals surface area contributed by atoms with Crippen LogP contribution in [0.5, 0.6) is 11.5 Å². The Morgan fingerprint density at radius 1 is 1.14 bits per heavy atom. The van der Waals surface area contributed by atoms with Gasteiger partial charge in [-0.15, -0.1) is 0 Å². The fourth-order valence-electron chi connectivity index (χ4n) is 2.12. The second-order valence-corrected chi connectivity index (χ2v) is 6.23. The largest absolute Gasteiger partial charge is 0.457 e. The predicted molar refractivity (Wildman–Crippen MR) is 92.5 cm³/mol. The monoisotopic (exact) mass is 367 g/mol. The van der Waals surface area contributed by atoms with E-state index < -0.39 is 0 Å². The third-order valence-corrected chi connectivity index (χ3v) is 4.72. The van der Waals surface area contributed by atoms with E-state index in [0.717, 1.165) is 45.8 Å². The van der Waals surface area contributed by atoms with Gasteiger partial charge in [-0.05, 0) is 55.8 Å². The van der Waals surface area contributed by atoms with Crippen LogP contribution in [0, 0.1) is 13.8 Å². The van der Waals surface area contributed by atoms with Gasteiger partial charge in [-0.3, -0.25) is 0 Å². The van der Waals surface area contributed by atoms with Gasteiger partial charge in [-0.1, -0.05) is 40.5 Å². The molecule has 0 aliphatic rings. The van der Waals surface area contributed by atoms with Crippen molar-refractivity contribution in [1.29, 1.82) is 0 Å². The van der Waals surface area contributed by atoms with Gasteiger partial charge in [0.2, 0.25) is 0 Å². The van der Waals surface area contributed by atoms with Crippen LogP contribution in [0.25, 0.3) is 0 Å². The van der Waals surface area contributed by atoms with E-state index in [1.165, 1.54) is 0 Å². The summed E-state index contributed by atoms with van der Waals surface area (Å²) in [5, 5.41) is 3.99. The SMILES string of the molecule is CCNCc1ccc(Cl)cc1Oc1cc(C)c(Br)c(C)c1. The molecule has 0 heterocycles. The van der Waals surface area contributed by atoms with Gasteiger partial charge in [0.15, 0.2) is 0 Å². The van der Waals surface area contributed by atoms with Crippen molar-refractivity contribution in [2.24, 2.45) is 0 Å². The summed E-state index contributed by atoms with van der Waals surface area (Å²) < 4.78 is 7.18.